The number of fused-ring (bicyclic) bond motifs is 1. The molecule has 0 radical (unpaired) electrons. The second-order valence-electron chi connectivity index (χ2n) is 4.67. The molecule has 0 aliphatic carbocycles. The maximum Gasteiger partial charge on any atom is 0.170 e. The second kappa shape index (κ2) is 5.13. The molecule has 3 heteroatoms. The fraction of sp³-hybridized carbons (Fsp3) is 0.0588. The standard InChI is InChI=1S/C17H14N2O/c1-13-5-7-14(8-6-13)9-10-17-18-15(12-20)16-4-2-3-11-19(16)17/h2-12H,1H3/b10-9+. The Labute approximate surface area is 117 Å². The molecule has 0 fully saturated rings. The summed E-state index contributed by atoms with van der Waals surface area (Å²) in [6.45, 7) is 2.06. The van der Waals surface area contributed by atoms with Crippen LogP contribution in [0.3, 0.4) is 0 Å². The third-order valence-electron chi connectivity index (χ3n) is 3.22. The van der Waals surface area contributed by atoms with Crippen LogP contribution >= 0.6 is 0 Å². The number of hydrogen-bond acceptors (Lipinski definition) is 2. The quantitative estimate of drug-likeness (QED) is 0.675. The summed E-state index contributed by atoms with van der Waals surface area (Å²) in [5, 5.41) is 0. The van der Waals surface area contributed by atoms with E-state index in [2.05, 4.69) is 36.2 Å². The molecule has 20 heavy (non-hydrogen) atoms. The van der Waals surface area contributed by atoms with Crippen molar-refractivity contribution in [1.29, 1.82) is 0 Å². The predicted molar refractivity (Wildman–Crippen MR) is 80.7 cm³/mol. The molecule has 0 bridgehead atoms. The molecule has 2 aromatic heterocycles. The van der Waals surface area contributed by atoms with E-state index >= 15 is 0 Å². The zero-order valence-electron chi connectivity index (χ0n) is 11.2. The van der Waals surface area contributed by atoms with Gasteiger partial charge >= 0.3 is 0 Å². The summed E-state index contributed by atoms with van der Waals surface area (Å²) in [6, 6.07) is 14.0. The Morgan fingerprint density at radius 3 is 2.60 bits per heavy atom. The zero-order chi connectivity index (χ0) is 13.9. The smallest absolute Gasteiger partial charge is 0.170 e. The molecule has 0 unspecified atom stereocenters. The summed E-state index contributed by atoms with van der Waals surface area (Å²) in [7, 11) is 0. The average Bonchev–Trinajstić information content (AvgIpc) is 2.85. The number of carbonyl (C=O) groups is 1. The normalized spacial score (nSPS) is 11.2. The molecule has 0 atom stereocenters. The van der Waals surface area contributed by atoms with Crippen LogP contribution in [0.2, 0.25) is 0 Å². The third kappa shape index (κ3) is 2.26. The first kappa shape index (κ1) is 12.4. The van der Waals surface area contributed by atoms with Crippen molar-refractivity contribution in [3.63, 3.8) is 0 Å². The molecule has 0 aliphatic heterocycles. The summed E-state index contributed by atoms with van der Waals surface area (Å²) >= 11 is 0. The number of aldehydes is 1. The number of aryl methyl sites for hydroxylation is 1. The van der Waals surface area contributed by atoms with E-state index in [9.17, 15) is 4.79 Å². The zero-order valence-corrected chi connectivity index (χ0v) is 11.2. The predicted octanol–water partition coefficient (Wildman–Crippen LogP) is 3.63. The van der Waals surface area contributed by atoms with Crippen molar-refractivity contribution in [1.82, 2.24) is 9.38 Å². The third-order valence-corrected chi connectivity index (χ3v) is 3.22. The highest BCUT2D eigenvalue weighted by Crippen LogP contribution is 2.14. The topological polar surface area (TPSA) is 34.4 Å². The number of carbonyl (C=O) groups excluding carboxylic acids is 1. The summed E-state index contributed by atoms with van der Waals surface area (Å²) in [4.78, 5) is 15.4. The Morgan fingerprint density at radius 1 is 1.05 bits per heavy atom. The molecule has 0 spiro atoms. The minimum atomic E-state index is 0.467. The molecule has 0 amide bonds. The van der Waals surface area contributed by atoms with Crippen LogP contribution in [0.4, 0.5) is 0 Å². The first-order valence-corrected chi connectivity index (χ1v) is 6.45. The maximum atomic E-state index is 11.0. The Hall–Kier alpha value is -2.68. The first-order valence-electron chi connectivity index (χ1n) is 6.45. The van der Waals surface area contributed by atoms with Crippen LogP contribution in [0.25, 0.3) is 17.7 Å². The largest absolute Gasteiger partial charge is 0.300 e. The summed E-state index contributed by atoms with van der Waals surface area (Å²) in [5.41, 5.74) is 3.63. The van der Waals surface area contributed by atoms with Crippen molar-refractivity contribution < 1.29 is 4.79 Å². The van der Waals surface area contributed by atoms with E-state index < -0.39 is 0 Å². The van der Waals surface area contributed by atoms with Gasteiger partial charge in [0.1, 0.15) is 11.5 Å². The van der Waals surface area contributed by atoms with Gasteiger partial charge in [-0.15, -0.1) is 0 Å². The molecule has 3 aromatic rings. The van der Waals surface area contributed by atoms with Gasteiger partial charge in [0.2, 0.25) is 0 Å². The lowest BCUT2D eigenvalue weighted by Crippen LogP contribution is -1.86. The van der Waals surface area contributed by atoms with Crippen molar-refractivity contribution in [2.24, 2.45) is 0 Å². The van der Waals surface area contributed by atoms with Gasteiger partial charge in [0.05, 0.1) is 5.52 Å². The van der Waals surface area contributed by atoms with E-state index in [-0.39, 0.29) is 0 Å². The van der Waals surface area contributed by atoms with Gasteiger partial charge in [-0.25, -0.2) is 4.98 Å². The lowest BCUT2D eigenvalue weighted by atomic mass is 10.1. The Balaban J connectivity index is 2.02. The number of benzene rings is 1. The van der Waals surface area contributed by atoms with E-state index in [1.165, 1.54) is 5.56 Å². The molecule has 1 aromatic carbocycles. The molecular weight excluding hydrogens is 248 g/mol. The van der Waals surface area contributed by atoms with Crippen molar-refractivity contribution >= 4 is 24.0 Å². The van der Waals surface area contributed by atoms with Crippen LogP contribution in [0, 0.1) is 6.92 Å². The van der Waals surface area contributed by atoms with Crippen molar-refractivity contribution in [3.8, 4) is 0 Å². The SMILES string of the molecule is Cc1ccc(/C=C/c2nc(C=O)c3ccccn23)cc1. The maximum absolute atomic E-state index is 11.0. The molecule has 0 saturated heterocycles. The van der Waals surface area contributed by atoms with Gasteiger partial charge in [-0.2, -0.15) is 0 Å². The fourth-order valence-electron chi connectivity index (χ4n) is 2.14. The van der Waals surface area contributed by atoms with Gasteiger partial charge in [-0.1, -0.05) is 42.0 Å². The van der Waals surface area contributed by atoms with E-state index in [0.29, 0.717) is 5.69 Å². The number of aromatic nitrogens is 2. The second-order valence-corrected chi connectivity index (χ2v) is 4.67. The molecule has 0 N–H and O–H groups in total. The lowest BCUT2D eigenvalue weighted by molar-refractivity contribution is 0.112. The number of rotatable bonds is 3. The highest BCUT2D eigenvalue weighted by molar-refractivity contribution is 5.85. The van der Waals surface area contributed by atoms with Gasteiger partial charge in [0, 0.05) is 6.20 Å². The van der Waals surface area contributed by atoms with Crippen molar-refractivity contribution in [2.75, 3.05) is 0 Å². The molecule has 98 valence electrons. The van der Waals surface area contributed by atoms with Crippen molar-refractivity contribution in [2.45, 2.75) is 6.92 Å². The minimum absolute atomic E-state index is 0.467. The Morgan fingerprint density at radius 2 is 1.85 bits per heavy atom. The van der Waals surface area contributed by atoms with Gasteiger partial charge in [0.15, 0.2) is 6.29 Å². The number of hydrogen-bond donors (Lipinski definition) is 0. The highest BCUT2D eigenvalue weighted by Gasteiger charge is 2.06. The van der Waals surface area contributed by atoms with Crippen molar-refractivity contribution in [3.05, 3.63) is 71.3 Å². The van der Waals surface area contributed by atoms with Crippen LogP contribution in [-0.4, -0.2) is 15.7 Å². The molecule has 2 heterocycles. The van der Waals surface area contributed by atoms with Crippen LogP contribution in [0.5, 0.6) is 0 Å². The van der Waals surface area contributed by atoms with Crippen LogP contribution in [0.15, 0.2) is 48.7 Å². The summed E-state index contributed by atoms with van der Waals surface area (Å²) in [6.07, 6.45) is 6.61. The Kier molecular flexibility index (Phi) is 3.17. The Bertz CT molecular complexity index is 782. The molecular formula is C17H14N2O. The highest BCUT2D eigenvalue weighted by atomic mass is 16.1. The molecule has 0 aliphatic rings. The van der Waals surface area contributed by atoms with Crippen LogP contribution in [-0.2, 0) is 0 Å². The molecule has 0 saturated carbocycles. The van der Waals surface area contributed by atoms with Gasteiger partial charge in [0.25, 0.3) is 0 Å². The summed E-state index contributed by atoms with van der Waals surface area (Å²) in [5.74, 6) is 0.753. The van der Waals surface area contributed by atoms with Gasteiger partial charge < -0.3 is 0 Å². The first-order chi connectivity index (χ1) is 9.78. The number of pyridine rings is 1. The van der Waals surface area contributed by atoms with E-state index in [4.69, 9.17) is 0 Å². The van der Waals surface area contributed by atoms with Crippen LogP contribution in [0.1, 0.15) is 27.4 Å². The minimum Gasteiger partial charge on any atom is -0.300 e. The number of nitrogens with zero attached hydrogens (tertiary/aromatic N) is 2. The average molecular weight is 262 g/mol. The lowest BCUT2D eigenvalue weighted by Gasteiger charge is -1.96. The molecule has 3 nitrogen and oxygen atoms in total. The van der Waals surface area contributed by atoms with E-state index in [1.54, 1.807) is 0 Å². The van der Waals surface area contributed by atoms with Crippen LogP contribution < -0.4 is 0 Å². The monoisotopic (exact) mass is 262 g/mol. The number of imidazole rings is 1. The van der Waals surface area contributed by atoms with E-state index in [0.717, 1.165) is 23.2 Å². The van der Waals surface area contributed by atoms with Gasteiger partial charge in [-0.05, 0) is 30.7 Å². The molecule has 3 rings (SSSR count). The van der Waals surface area contributed by atoms with Gasteiger partial charge in [-0.3, -0.25) is 9.20 Å². The summed E-state index contributed by atoms with van der Waals surface area (Å²) < 4.78 is 1.91. The van der Waals surface area contributed by atoms with E-state index in [1.807, 2.05) is 40.9 Å². The fourth-order valence-corrected chi connectivity index (χ4v) is 2.14.